The molecule has 0 bridgehead atoms. The molecular formula is C24H17BrN4O4. The molecule has 0 saturated carbocycles. The lowest BCUT2D eigenvalue weighted by Gasteiger charge is -2.22. The van der Waals surface area contributed by atoms with Crippen LogP contribution in [0.1, 0.15) is 17.2 Å². The van der Waals surface area contributed by atoms with Crippen LogP contribution in [-0.4, -0.2) is 38.9 Å². The van der Waals surface area contributed by atoms with Crippen molar-refractivity contribution in [2.45, 2.75) is 6.04 Å². The number of imidazole rings is 1. The number of halogens is 1. The Bertz CT molecular complexity index is 1400. The van der Waals surface area contributed by atoms with Crippen LogP contribution >= 0.6 is 15.9 Å². The SMILES string of the molecule is COc1ccc(/C(O)=C2\C(=O)C(=O)N(c3nc4ccccc4[nH]3)C2c2ccncc2)cc1Br. The summed E-state index contributed by atoms with van der Waals surface area (Å²) in [5, 5.41) is 11.2. The van der Waals surface area contributed by atoms with E-state index >= 15 is 0 Å². The minimum atomic E-state index is -0.894. The number of pyridine rings is 1. The second-order valence-electron chi connectivity index (χ2n) is 7.38. The smallest absolute Gasteiger partial charge is 0.302 e. The second-order valence-corrected chi connectivity index (χ2v) is 8.23. The Morgan fingerprint density at radius 2 is 1.88 bits per heavy atom. The van der Waals surface area contributed by atoms with Crippen molar-refractivity contribution in [3.05, 3.63) is 88.2 Å². The van der Waals surface area contributed by atoms with Crippen molar-refractivity contribution in [3.8, 4) is 5.75 Å². The minimum absolute atomic E-state index is 0.0382. The maximum atomic E-state index is 13.2. The Hall–Kier alpha value is -3.98. The molecule has 0 radical (unpaired) electrons. The van der Waals surface area contributed by atoms with E-state index in [9.17, 15) is 14.7 Å². The number of rotatable bonds is 4. The summed E-state index contributed by atoms with van der Waals surface area (Å²) in [6.07, 6.45) is 3.14. The number of nitrogens with one attached hydrogen (secondary N) is 1. The summed E-state index contributed by atoms with van der Waals surface area (Å²) in [6.45, 7) is 0. The zero-order valence-electron chi connectivity index (χ0n) is 17.3. The Morgan fingerprint density at radius 3 is 2.58 bits per heavy atom. The van der Waals surface area contributed by atoms with Gasteiger partial charge in [0.15, 0.2) is 0 Å². The Morgan fingerprint density at radius 1 is 1.12 bits per heavy atom. The number of nitrogens with zero attached hydrogens (tertiary/aromatic N) is 3. The molecule has 1 aliphatic heterocycles. The predicted molar refractivity (Wildman–Crippen MR) is 126 cm³/mol. The molecule has 1 aliphatic rings. The van der Waals surface area contributed by atoms with Crippen molar-refractivity contribution in [1.82, 2.24) is 15.0 Å². The second kappa shape index (κ2) is 8.18. The molecule has 4 aromatic rings. The summed E-state index contributed by atoms with van der Waals surface area (Å²) in [5.74, 6) is -1.10. The number of aromatic amines is 1. The highest BCUT2D eigenvalue weighted by molar-refractivity contribution is 9.10. The highest BCUT2D eigenvalue weighted by Crippen LogP contribution is 2.42. The fraction of sp³-hybridized carbons (Fsp3) is 0.0833. The molecule has 9 heteroatoms. The number of H-pyrrole nitrogens is 1. The monoisotopic (exact) mass is 504 g/mol. The number of hydrogen-bond donors (Lipinski definition) is 2. The first-order valence-corrected chi connectivity index (χ1v) is 10.8. The largest absolute Gasteiger partial charge is 0.507 e. The molecule has 8 nitrogen and oxygen atoms in total. The summed E-state index contributed by atoms with van der Waals surface area (Å²) in [5.41, 5.74) is 2.32. The summed E-state index contributed by atoms with van der Waals surface area (Å²) < 4.78 is 5.84. The Kier molecular flexibility index (Phi) is 5.18. The van der Waals surface area contributed by atoms with Crippen molar-refractivity contribution >= 4 is 50.4 Å². The van der Waals surface area contributed by atoms with Crippen LogP contribution in [0, 0.1) is 0 Å². The molecule has 2 aromatic heterocycles. The van der Waals surface area contributed by atoms with Crippen molar-refractivity contribution in [3.63, 3.8) is 0 Å². The van der Waals surface area contributed by atoms with Gasteiger partial charge in [0.1, 0.15) is 11.5 Å². The van der Waals surface area contributed by atoms with Crippen LogP contribution in [-0.2, 0) is 9.59 Å². The average Bonchev–Trinajstić information content (AvgIpc) is 3.37. The van der Waals surface area contributed by atoms with E-state index in [1.807, 2.05) is 24.3 Å². The zero-order valence-corrected chi connectivity index (χ0v) is 18.9. The van der Waals surface area contributed by atoms with Gasteiger partial charge in [-0.25, -0.2) is 4.98 Å². The van der Waals surface area contributed by atoms with E-state index in [2.05, 4.69) is 30.9 Å². The molecule has 0 aliphatic carbocycles. The van der Waals surface area contributed by atoms with Gasteiger partial charge in [-0.05, 0) is 64.0 Å². The summed E-state index contributed by atoms with van der Waals surface area (Å²) in [6, 6.07) is 14.7. The van der Waals surface area contributed by atoms with Crippen LogP contribution in [0.3, 0.4) is 0 Å². The molecule has 0 spiro atoms. The molecule has 33 heavy (non-hydrogen) atoms. The number of aliphatic hydroxyl groups excluding tert-OH is 1. The van der Waals surface area contributed by atoms with Gasteiger partial charge in [-0.15, -0.1) is 0 Å². The number of aliphatic hydroxyl groups is 1. The highest BCUT2D eigenvalue weighted by atomic mass is 79.9. The topological polar surface area (TPSA) is 108 Å². The van der Waals surface area contributed by atoms with Crippen molar-refractivity contribution < 1.29 is 19.4 Å². The quantitative estimate of drug-likeness (QED) is 0.243. The number of methoxy groups -OCH3 is 1. The van der Waals surface area contributed by atoms with Crippen molar-refractivity contribution in [2.75, 3.05) is 12.0 Å². The van der Waals surface area contributed by atoms with Gasteiger partial charge in [-0.2, -0.15) is 0 Å². The molecule has 2 aromatic carbocycles. The number of carbonyl (C=O) groups is 2. The van der Waals surface area contributed by atoms with E-state index in [4.69, 9.17) is 4.74 Å². The third kappa shape index (κ3) is 3.46. The molecule has 1 fully saturated rings. The lowest BCUT2D eigenvalue weighted by molar-refractivity contribution is -0.132. The van der Waals surface area contributed by atoms with Gasteiger partial charge in [0.05, 0.1) is 34.2 Å². The first-order chi connectivity index (χ1) is 16.0. The zero-order chi connectivity index (χ0) is 23.1. The van der Waals surface area contributed by atoms with E-state index in [-0.39, 0.29) is 17.3 Å². The van der Waals surface area contributed by atoms with Crippen molar-refractivity contribution in [1.29, 1.82) is 0 Å². The maximum absolute atomic E-state index is 13.2. The Labute approximate surface area is 196 Å². The molecule has 164 valence electrons. The Balaban J connectivity index is 1.72. The average molecular weight is 505 g/mol. The van der Waals surface area contributed by atoms with Gasteiger partial charge >= 0.3 is 5.91 Å². The number of benzene rings is 2. The first kappa shape index (κ1) is 20.9. The number of Topliss-reactive ketones (excluding diaryl/α,β-unsaturated/α-hetero) is 1. The summed E-state index contributed by atoms with van der Waals surface area (Å²) in [7, 11) is 1.53. The standard InChI is InChI=1S/C24H17BrN4O4/c1-33-18-7-6-14(12-15(18)25)21(30)19-20(13-8-10-26-11-9-13)29(23(32)22(19)31)24-27-16-4-2-3-5-17(16)28-24/h2-12,20,30H,1H3,(H,27,28)/b21-19+. The number of hydrogen-bond acceptors (Lipinski definition) is 6. The van der Waals surface area contributed by atoms with E-state index < -0.39 is 17.7 Å². The van der Waals surface area contributed by atoms with Gasteiger partial charge in [-0.1, -0.05) is 12.1 Å². The molecular weight excluding hydrogens is 488 g/mol. The number of ketones is 1. The highest BCUT2D eigenvalue weighted by Gasteiger charge is 2.48. The van der Waals surface area contributed by atoms with E-state index in [0.29, 0.717) is 26.9 Å². The molecule has 1 unspecified atom stereocenters. The van der Waals surface area contributed by atoms with Crippen molar-refractivity contribution in [2.24, 2.45) is 0 Å². The summed E-state index contributed by atoms with van der Waals surface area (Å²) >= 11 is 3.40. The summed E-state index contributed by atoms with van der Waals surface area (Å²) in [4.78, 5) is 39.4. The van der Waals surface area contributed by atoms with E-state index in [1.165, 1.54) is 12.0 Å². The third-order valence-corrected chi connectivity index (χ3v) is 6.12. The van der Waals surface area contributed by atoms with Crippen LogP contribution in [0.5, 0.6) is 5.75 Å². The molecule has 1 atom stereocenters. The predicted octanol–water partition coefficient (Wildman–Crippen LogP) is 4.36. The number of para-hydroxylation sites is 2. The lowest BCUT2D eigenvalue weighted by atomic mass is 9.96. The fourth-order valence-corrected chi connectivity index (χ4v) is 4.48. The molecule has 5 rings (SSSR count). The first-order valence-electron chi connectivity index (χ1n) is 9.99. The molecule has 3 heterocycles. The van der Waals surface area contributed by atoms with E-state index in [0.717, 1.165) is 5.52 Å². The normalized spacial score (nSPS) is 17.6. The van der Waals surface area contributed by atoms with Gasteiger partial charge in [0, 0.05) is 18.0 Å². The van der Waals surface area contributed by atoms with Gasteiger partial charge in [-0.3, -0.25) is 19.5 Å². The van der Waals surface area contributed by atoms with Crippen LogP contribution in [0.4, 0.5) is 5.95 Å². The molecule has 1 amide bonds. The molecule has 1 saturated heterocycles. The maximum Gasteiger partial charge on any atom is 0.302 e. The minimum Gasteiger partial charge on any atom is -0.507 e. The van der Waals surface area contributed by atoms with Crippen LogP contribution < -0.4 is 9.64 Å². The third-order valence-electron chi connectivity index (χ3n) is 5.50. The van der Waals surface area contributed by atoms with E-state index in [1.54, 1.807) is 42.7 Å². The van der Waals surface area contributed by atoms with Crippen LogP contribution in [0.2, 0.25) is 0 Å². The van der Waals surface area contributed by atoms with Crippen LogP contribution in [0.15, 0.2) is 77.0 Å². The molecule has 2 N–H and O–H groups in total. The number of carbonyl (C=O) groups excluding carboxylic acids is 2. The fourth-order valence-electron chi connectivity index (χ4n) is 3.93. The van der Waals surface area contributed by atoms with Crippen LogP contribution in [0.25, 0.3) is 16.8 Å². The van der Waals surface area contributed by atoms with Gasteiger partial charge < -0.3 is 14.8 Å². The number of aromatic nitrogens is 3. The van der Waals surface area contributed by atoms with Gasteiger partial charge in [0.2, 0.25) is 5.95 Å². The number of amides is 1. The van der Waals surface area contributed by atoms with Gasteiger partial charge in [0.25, 0.3) is 5.78 Å². The number of fused-ring (bicyclic) bond motifs is 1. The number of anilines is 1. The number of ether oxygens (including phenoxy) is 1. The lowest BCUT2D eigenvalue weighted by Crippen LogP contribution is -2.30.